The van der Waals surface area contributed by atoms with Gasteiger partial charge >= 0.3 is 0 Å². The van der Waals surface area contributed by atoms with E-state index in [2.05, 4.69) is 5.16 Å². The van der Waals surface area contributed by atoms with Crippen LogP contribution < -0.4 is 0 Å². The zero-order chi connectivity index (χ0) is 19.0. The van der Waals surface area contributed by atoms with Crippen molar-refractivity contribution in [2.45, 2.75) is 19.9 Å². The summed E-state index contributed by atoms with van der Waals surface area (Å²) in [7, 11) is 1.73. The number of rotatable bonds is 4. The average molecular weight is 360 g/mol. The summed E-state index contributed by atoms with van der Waals surface area (Å²) in [6.45, 7) is 3.95. The van der Waals surface area contributed by atoms with E-state index >= 15 is 0 Å². The molecule has 4 aromatic rings. The number of para-hydroxylation sites is 1. The number of aryl methyl sites for hydroxylation is 1. The van der Waals surface area contributed by atoms with Gasteiger partial charge in [-0.1, -0.05) is 53.2 Å². The molecule has 5 nitrogen and oxygen atoms in total. The standard InChI is InChI=1S/C22H20N2O3/c1-14-8-10-16(11-9-14)18-13-21(27-23-18)22(25)24(3)15(2)20-12-17-6-4-5-7-19(17)26-20/h4-13,15H,1-3H3. The summed E-state index contributed by atoms with van der Waals surface area (Å²) in [6.07, 6.45) is 0. The summed E-state index contributed by atoms with van der Waals surface area (Å²) in [5, 5.41) is 5.06. The van der Waals surface area contributed by atoms with E-state index in [1.807, 2.05) is 68.4 Å². The molecule has 2 aromatic heterocycles. The molecule has 5 heteroatoms. The molecule has 0 aliphatic rings. The van der Waals surface area contributed by atoms with Crippen molar-refractivity contribution in [2.24, 2.45) is 0 Å². The zero-order valence-corrected chi connectivity index (χ0v) is 15.5. The van der Waals surface area contributed by atoms with Crippen LogP contribution in [0.4, 0.5) is 0 Å². The molecule has 0 bridgehead atoms. The summed E-state index contributed by atoms with van der Waals surface area (Å²) in [6, 6.07) is 19.1. The van der Waals surface area contributed by atoms with Crippen LogP contribution in [0.25, 0.3) is 22.2 Å². The first-order valence-corrected chi connectivity index (χ1v) is 8.82. The number of fused-ring (bicyclic) bond motifs is 1. The number of benzene rings is 2. The highest BCUT2D eigenvalue weighted by Crippen LogP contribution is 2.28. The number of aromatic nitrogens is 1. The summed E-state index contributed by atoms with van der Waals surface area (Å²) >= 11 is 0. The average Bonchev–Trinajstić information content (AvgIpc) is 3.34. The third-order valence-electron chi connectivity index (χ3n) is 4.83. The molecule has 0 saturated carbocycles. The van der Waals surface area contributed by atoms with E-state index < -0.39 is 0 Å². The zero-order valence-electron chi connectivity index (χ0n) is 15.5. The Balaban J connectivity index is 1.55. The molecule has 0 spiro atoms. The van der Waals surface area contributed by atoms with E-state index in [9.17, 15) is 4.79 Å². The number of nitrogens with zero attached hydrogens (tertiary/aromatic N) is 2. The minimum absolute atomic E-state index is 0.205. The molecule has 136 valence electrons. The second-order valence-electron chi connectivity index (χ2n) is 6.72. The lowest BCUT2D eigenvalue weighted by atomic mass is 10.1. The molecule has 2 heterocycles. The van der Waals surface area contributed by atoms with E-state index in [0.717, 1.165) is 27.9 Å². The third kappa shape index (κ3) is 3.24. The maximum Gasteiger partial charge on any atom is 0.292 e. The number of furan rings is 1. The van der Waals surface area contributed by atoms with Crippen molar-refractivity contribution in [1.29, 1.82) is 0 Å². The lowest BCUT2D eigenvalue weighted by Gasteiger charge is -2.21. The summed E-state index contributed by atoms with van der Waals surface area (Å²) in [4.78, 5) is 14.4. The normalized spacial score (nSPS) is 12.3. The summed E-state index contributed by atoms with van der Waals surface area (Å²) < 4.78 is 11.2. The molecule has 4 rings (SSSR count). The number of hydrogen-bond donors (Lipinski definition) is 0. The Morgan fingerprint density at radius 1 is 1.07 bits per heavy atom. The largest absolute Gasteiger partial charge is 0.459 e. The van der Waals surface area contributed by atoms with Gasteiger partial charge in [-0.15, -0.1) is 0 Å². The highest BCUT2D eigenvalue weighted by molar-refractivity contribution is 5.92. The van der Waals surface area contributed by atoms with Crippen LogP contribution >= 0.6 is 0 Å². The summed E-state index contributed by atoms with van der Waals surface area (Å²) in [5.41, 5.74) is 3.53. The molecule has 0 fully saturated rings. The summed E-state index contributed by atoms with van der Waals surface area (Å²) in [5.74, 6) is 0.690. The Morgan fingerprint density at radius 2 is 1.81 bits per heavy atom. The Kier molecular flexibility index (Phi) is 4.28. The van der Waals surface area contributed by atoms with Crippen molar-refractivity contribution in [2.75, 3.05) is 7.05 Å². The van der Waals surface area contributed by atoms with Crippen molar-refractivity contribution in [3.8, 4) is 11.3 Å². The SMILES string of the molecule is Cc1ccc(-c2cc(C(=O)N(C)C(C)c3cc4ccccc4o3)on2)cc1. The second kappa shape index (κ2) is 6.76. The Morgan fingerprint density at radius 3 is 2.56 bits per heavy atom. The van der Waals surface area contributed by atoms with Gasteiger partial charge in [-0.2, -0.15) is 0 Å². The van der Waals surface area contributed by atoms with Gasteiger partial charge in [0.05, 0.1) is 6.04 Å². The van der Waals surface area contributed by atoms with Crippen molar-refractivity contribution in [3.05, 3.63) is 77.7 Å². The van der Waals surface area contributed by atoms with Crippen molar-refractivity contribution in [1.82, 2.24) is 10.1 Å². The van der Waals surface area contributed by atoms with Crippen molar-refractivity contribution < 1.29 is 13.7 Å². The number of hydrogen-bond acceptors (Lipinski definition) is 4. The maximum absolute atomic E-state index is 12.8. The van der Waals surface area contributed by atoms with Gasteiger partial charge in [-0.05, 0) is 26.0 Å². The minimum atomic E-state index is -0.242. The fourth-order valence-corrected chi connectivity index (χ4v) is 2.99. The third-order valence-corrected chi connectivity index (χ3v) is 4.83. The molecule has 0 radical (unpaired) electrons. The van der Waals surface area contributed by atoms with E-state index in [0.29, 0.717) is 5.69 Å². The van der Waals surface area contributed by atoms with Crippen LogP contribution in [0.15, 0.2) is 69.6 Å². The molecular weight excluding hydrogens is 340 g/mol. The molecule has 0 saturated heterocycles. The monoisotopic (exact) mass is 360 g/mol. The van der Waals surface area contributed by atoms with Gasteiger partial charge in [0.15, 0.2) is 0 Å². The smallest absolute Gasteiger partial charge is 0.292 e. The number of carbonyl (C=O) groups is 1. The highest BCUT2D eigenvalue weighted by Gasteiger charge is 2.25. The Labute approximate surface area is 157 Å². The Bertz CT molecular complexity index is 1060. The van der Waals surface area contributed by atoms with E-state index in [4.69, 9.17) is 8.94 Å². The van der Waals surface area contributed by atoms with Gasteiger partial charge in [-0.3, -0.25) is 4.79 Å². The first-order valence-electron chi connectivity index (χ1n) is 8.82. The first kappa shape index (κ1) is 17.1. The predicted molar refractivity (Wildman–Crippen MR) is 103 cm³/mol. The van der Waals surface area contributed by atoms with Gasteiger partial charge < -0.3 is 13.8 Å². The highest BCUT2D eigenvalue weighted by atomic mass is 16.5. The van der Waals surface area contributed by atoms with Crippen LogP contribution in [0, 0.1) is 6.92 Å². The maximum atomic E-state index is 12.8. The molecule has 1 amide bonds. The molecule has 2 aromatic carbocycles. The van der Waals surface area contributed by atoms with Gasteiger partial charge in [0.25, 0.3) is 5.91 Å². The lowest BCUT2D eigenvalue weighted by Crippen LogP contribution is -2.29. The van der Waals surface area contributed by atoms with Crippen LogP contribution in [-0.4, -0.2) is 23.0 Å². The van der Waals surface area contributed by atoms with Crippen molar-refractivity contribution >= 4 is 16.9 Å². The molecule has 27 heavy (non-hydrogen) atoms. The van der Waals surface area contributed by atoms with Crippen molar-refractivity contribution in [3.63, 3.8) is 0 Å². The van der Waals surface area contributed by atoms with Crippen LogP contribution in [0.2, 0.25) is 0 Å². The second-order valence-corrected chi connectivity index (χ2v) is 6.72. The minimum Gasteiger partial charge on any atom is -0.459 e. The van der Waals surface area contributed by atoms with E-state index in [1.165, 1.54) is 0 Å². The fourth-order valence-electron chi connectivity index (χ4n) is 2.99. The lowest BCUT2D eigenvalue weighted by molar-refractivity contribution is 0.0685. The van der Waals surface area contributed by atoms with Gasteiger partial charge in [0.2, 0.25) is 5.76 Å². The quantitative estimate of drug-likeness (QED) is 0.500. The first-order chi connectivity index (χ1) is 13.0. The fraction of sp³-hybridized carbons (Fsp3) is 0.182. The predicted octanol–water partition coefficient (Wildman–Crippen LogP) is 5.23. The molecule has 1 unspecified atom stereocenters. The van der Waals surface area contributed by atoms with Crippen LogP contribution in [0.5, 0.6) is 0 Å². The number of carbonyl (C=O) groups excluding carboxylic acids is 1. The topological polar surface area (TPSA) is 59.5 Å². The molecule has 0 aliphatic heterocycles. The molecule has 0 aliphatic carbocycles. The van der Waals surface area contributed by atoms with Gasteiger partial charge in [-0.25, -0.2) is 0 Å². The van der Waals surface area contributed by atoms with Gasteiger partial charge in [0, 0.05) is 24.1 Å². The van der Waals surface area contributed by atoms with E-state index in [-0.39, 0.29) is 17.7 Å². The van der Waals surface area contributed by atoms with Gasteiger partial charge in [0.1, 0.15) is 17.0 Å². The Hall–Kier alpha value is -3.34. The molecule has 0 N–H and O–H groups in total. The van der Waals surface area contributed by atoms with Crippen LogP contribution in [0.1, 0.15) is 34.8 Å². The van der Waals surface area contributed by atoms with Crippen LogP contribution in [-0.2, 0) is 0 Å². The number of amides is 1. The molecular formula is C22H20N2O3. The molecule has 1 atom stereocenters. The van der Waals surface area contributed by atoms with Crippen LogP contribution in [0.3, 0.4) is 0 Å². The van der Waals surface area contributed by atoms with E-state index in [1.54, 1.807) is 18.0 Å².